The third-order valence-electron chi connectivity index (χ3n) is 3.46. The highest BCUT2D eigenvalue weighted by Gasteiger charge is 2.15. The van der Waals surface area contributed by atoms with Crippen molar-refractivity contribution in [2.24, 2.45) is 0 Å². The van der Waals surface area contributed by atoms with Crippen LogP contribution in [0.25, 0.3) is 0 Å². The molecule has 2 N–H and O–H groups in total. The molecule has 0 aliphatic heterocycles. The van der Waals surface area contributed by atoms with Crippen molar-refractivity contribution in [3.05, 3.63) is 59.9 Å². The second-order valence-electron chi connectivity index (χ2n) is 5.60. The number of para-hydroxylation sites is 1. The molecule has 0 aliphatic carbocycles. The Morgan fingerprint density at radius 2 is 1.64 bits per heavy atom. The highest BCUT2D eigenvalue weighted by atomic mass is 19.1. The number of anilines is 2. The summed E-state index contributed by atoms with van der Waals surface area (Å²) in [6.45, 7) is 5.95. The van der Waals surface area contributed by atoms with Crippen LogP contribution in [0.2, 0.25) is 0 Å². The third-order valence-corrected chi connectivity index (χ3v) is 3.46. The minimum Gasteiger partial charge on any atom is -0.374 e. The predicted molar refractivity (Wildman–Crippen MR) is 88.6 cm³/mol. The van der Waals surface area contributed by atoms with Crippen molar-refractivity contribution in [1.82, 2.24) is 0 Å². The standard InChI is InChI=1S/C18H21FN2O/c1-12(2)16-6-4-5-7-17(16)21-18(22)13(3)20-15-10-8-14(19)9-11-15/h4-13,20H,1-3H3,(H,21,22). The van der Waals surface area contributed by atoms with Crippen LogP contribution in [0.3, 0.4) is 0 Å². The van der Waals surface area contributed by atoms with E-state index in [-0.39, 0.29) is 11.7 Å². The van der Waals surface area contributed by atoms with Gasteiger partial charge in [-0.05, 0) is 48.7 Å². The highest BCUT2D eigenvalue weighted by Crippen LogP contribution is 2.24. The lowest BCUT2D eigenvalue weighted by molar-refractivity contribution is -0.116. The van der Waals surface area contributed by atoms with Gasteiger partial charge in [-0.3, -0.25) is 4.79 Å². The molecule has 3 nitrogen and oxygen atoms in total. The number of halogens is 1. The molecule has 1 atom stereocenters. The fourth-order valence-electron chi connectivity index (χ4n) is 2.22. The van der Waals surface area contributed by atoms with Gasteiger partial charge in [0.05, 0.1) is 0 Å². The van der Waals surface area contributed by atoms with Crippen molar-refractivity contribution in [2.75, 3.05) is 10.6 Å². The van der Waals surface area contributed by atoms with Gasteiger partial charge in [-0.1, -0.05) is 32.0 Å². The number of carbonyl (C=O) groups is 1. The van der Waals surface area contributed by atoms with Crippen molar-refractivity contribution >= 4 is 17.3 Å². The SMILES string of the molecule is CC(Nc1ccc(F)cc1)C(=O)Nc1ccccc1C(C)C. The van der Waals surface area contributed by atoms with Crippen LogP contribution in [0.1, 0.15) is 32.3 Å². The largest absolute Gasteiger partial charge is 0.374 e. The van der Waals surface area contributed by atoms with E-state index < -0.39 is 6.04 Å². The van der Waals surface area contributed by atoms with E-state index in [2.05, 4.69) is 24.5 Å². The molecule has 0 bridgehead atoms. The molecule has 0 heterocycles. The maximum atomic E-state index is 12.9. The molecule has 4 heteroatoms. The third kappa shape index (κ3) is 4.07. The normalized spacial score (nSPS) is 12.0. The van der Waals surface area contributed by atoms with Crippen molar-refractivity contribution in [3.63, 3.8) is 0 Å². The molecule has 2 aromatic carbocycles. The number of nitrogens with one attached hydrogen (secondary N) is 2. The molecule has 0 spiro atoms. The molecule has 0 aliphatic rings. The van der Waals surface area contributed by atoms with Gasteiger partial charge in [-0.2, -0.15) is 0 Å². The molecule has 1 unspecified atom stereocenters. The Balaban J connectivity index is 2.04. The van der Waals surface area contributed by atoms with E-state index in [4.69, 9.17) is 0 Å². The van der Waals surface area contributed by atoms with Crippen LogP contribution >= 0.6 is 0 Å². The summed E-state index contributed by atoms with van der Waals surface area (Å²) in [6, 6.07) is 13.3. The van der Waals surface area contributed by atoms with Gasteiger partial charge in [0.2, 0.25) is 5.91 Å². The molecular weight excluding hydrogens is 279 g/mol. The summed E-state index contributed by atoms with van der Waals surface area (Å²) in [5.41, 5.74) is 2.64. The first-order valence-corrected chi connectivity index (χ1v) is 7.39. The molecule has 0 radical (unpaired) electrons. The van der Waals surface area contributed by atoms with Crippen LogP contribution in [-0.2, 0) is 4.79 Å². The van der Waals surface area contributed by atoms with Crippen LogP contribution in [0.5, 0.6) is 0 Å². The monoisotopic (exact) mass is 300 g/mol. The Bertz CT molecular complexity index is 638. The maximum Gasteiger partial charge on any atom is 0.246 e. The fraction of sp³-hybridized carbons (Fsp3) is 0.278. The van der Waals surface area contributed by atoms with E-state index in [1.54, 1.807) is 19.1 Å². The number of amides is 1. The molecule has 116 valence electrons. The van der Waals surface area contributed by atoms with Crippen molar-refractivity contribution in [3.8, 4) is 0 Å². The van der Waals surface area contributed by atoms with Crippen LogP contribution in [0.15, 0.2) is 48.5 Å². The summed E-state index contributed by atoms with van der Waals surface area (Å²) in [5, 5.41) is 6.01. The molecule has 0 aromatic heterocycles. The van der Waals surface area contributed by atoms with E-state index in [1.807, 2.05) is 24.3 Å². The minimum atomic E-state index is -0.425. The Hall–Kier alpha value is -2.36. The molecule has 22 heavy (non-hydrogen) atoms. The van der Waals surface area contributed by atoms with Gasteiger partial charge in [0.25, 0.3) is 0 Å². The van der Waals surface area contributed by atoms with Crippen molar-refractivity contribution in [1.29, 1.82) is 0 Å². The predicted octanol–water partition coefficient (Wildman–Crippen LogP) is 4.39. The van der Waals surface area contributed by atoms with Crippen molar-refractivity contribution in [2.45, 2.75) is 32.7 Å². The Labute approximate surface area is 130 Å². The second kappa shape index (κ2) is 7.07. The maximum absolute atomic E-state index is 12.9. The summed E-state index contributed by atoms with van der Waals surface area (Å²) in [6.07, 6.45) is 0. The average Bonchev–Trinajstić information content (AvgIpc) is 2.49. The number of benzene rings is 2. The first-order chi connectivity index (χ1) is 10.5. The van der Waals surface area contributed by atoms with Gasteiger partial charge in [0.15, 0.2) is 0 Å². The molecule has 2 aromatic rings. The summed E-state index contributed by atoms with van der Waals surface area (Å²) in [5.74, 6) is -0.0946. The van der Waals surface area contributed by atoms with Gasteiger partial charge in [-0.15, -0.1) is 0 Å². The van der Waals surface area contributed by atoms with Gasteiger partial charge in [0, 0.05) is 11.4 Å². The quantitative estimate of drug-likeness (QED) is 0.860. The van der Waals surface area contributed by atoms with Gasteiger partial charge in [-0.25, -0.2) is 4.39 Å². The van der Waals surface area contributed by atoms with Crippen LogP contribution < -0.4 is 10.6 Å². The molecule has 1 amide bonds. The van der Waals surface area contributed by atoms with Crippen LogP contribution in [0.4, 0.5) is 15.8 Å². The fourth-order valence-corrected chi connectivity index (χ4v) is 2.22. The van der Waals surface area contributed by atoms with Gasteiger partial charge >= 0.3 is 0 Å². The van der Waals surface area contributed by atoms with E-state index >= 15 is 0 Å². The van der Waals surface area contributed by atoms with E-state index in [0.29, 0.717) is 11.6 Å². The molecular formula is C18H21FN2O. The Kier molecular flexibility index (Phi) is 5.15. The zero-order valence-corrected chi connectivity index (χ0v) is 13.1. The summed E-state index contributed by atoms with van der Waals surface area (Å²) in [4.78, 5) is 12.3. The lowest BCUT2D eigenvalue weighted by Gasteiger charge is -2.18. The van der Waals surface area contributed by atoms with Gasteiger partial charge < -0.3 is 10.6 Å². The number of hydrogen-bond donors (Lipinski definition) is 2. The lowest BCUT2D eigenvalue weighted by Crippen LogP contribution is -2.32. The molecule has 0 fully saturated rings. The zero-order valence-electron chi connectivity index (χ0n) is 13.1. The Morgan fingerprint density at radius 1 is 1.00 bits per heavy atom. The first-order valence-electron chi connectivity index (χ1n) is 7.39. The van der Waals surface area contributed by atoms with Crippen molar-refractivity contribution < 1.29 is 9.18 Å². The Morgan fingerprint density at radius 3 is 2.27 bits per heavy atom. The summed E-state index contributed by atoms with van der Waals surface area (Å²) in [7, 11) is 0. The van der Waals surface area contributed by atoms with E-state index in [0.717, 1.165) is 11.3 Å². The molecule has 0 saturated heterocycles. The van der Waals surface area contributed by atoms with E-state index in [1.165, 1.54) is 12.1 Å². The molecule has 2 rings (SSSR count). The van der Waals surface area contributed by atoms with Crippen LogP contribution in [0, 0.1) is 5.82 Å². The first kappa shape index (κ1) is 16.0. The number of rotatable bonds is 5. The second-order valence-corrected chi connectivity index (χ2v) is 5.60. The topological polar surface area (TPSA) is 41.1 Å². The molecule has 0 saturated carbocycles. The number of hydrogen-bond acceptors (Lipinski definition) is 2. The zero-order chi connectivity index (χ0) is 16.1. The highest BCUT2D eigenvalue weighted by molar-refractivity contribution is 5.96. The summed E-state index contributed by atoms with van der Waals surface area (Å²) >= 11 is 0. The smallest absolute Gasteiger partial charge is 0.246 e. The van der Waals surface area contributed by atoms with Crippen LogP contribution in [-0.4, -0.2) is 11.9 Å². The summed E-state index contributed by atoms with van der Waals surface area (Å²) < 4.78 is 12.9. The minimum absolute atomic E-state index is 0.127. The van der Waals surface area contributed by atoms with E-state index in [9.17, 15) is 9.18 Å². The average molecular weight is 300 g/mol. The van der Waals surface area contributed by atoms with Gasteiger partial charge in [0.1, 0.15) is 11.9 Å². The lowest BCUT2D eigenvalue weighted by atomic mass is 10.0. The number of carbonyl (C=O) groups excluding carboxylic acids is 1.